The fraction of sp³-hybridized carbons (Fsp3) is 0.471. The highest BCUT2D eigenvalue weighted by atomic mass is 16.1. The lowest BCUT2D eigenvalue weighted by Crippen LogP contribution is -1.96. The minimum atomic E-state index is 0.807. The SMILES string of the molecule is CCCCCCCCn1cc(C=O)c2ccccc21. The number of aromatic nitrogens is 1. The summed E-state index contributed by atoms with van der Waals surface area (Å²) in [5.74, 6) is 0. The van der Waals surface area contributed by atoms with E-state index in [4.69, 9.17) is 0 Å². The minimum absolute atomic E-state index is 0.807. The normalized spacial score (nSPS) is 11.0. The number of carbonyl (C=O) groups is 1. The summed E-state index contributed by atoms with van der Waals surface area (Å²) in [6.45, 7) is 3.26. The quantitative estimate of drug-likeness (QED) is 0.491. The van der Waals surface area contributed by atoms with Crippen molar-refractivity contribution in [1.29, 1.82) is 0 Å². The van der Waals surface area contributed by atoms with Crippen molar-refractivity contribution in [1.82, 2.24) is 4.57 Å². The molecule has 0 aliphatic carbocycles. The topological polar surface area (TPSA) is 22.0 Å². The molecule has 2 aromatic rings. The molecule has 0 atom stereocenters. The Labute approximate surface area is 115 Å². The Hall–Kier alpha value is -1.57. The average molecular weight is 257 g/mol. The van der Waals surface area contributed by atoms with Gasteiger partial charge in [0.15, 0.2) is 6.29 Å². The number of rotatable bonds is 8. The fourth-order valence-electron chi connectivity index (χ4n) is 2.62. The lowest BCUT2D eigenvalue weighted by molar-refractivity contribution is 0.112. The van der Waals surface area contributed by atoms with Crippen LogP contribution in [0.2, 0.25) is 0 Å². The van der Waals surface area contributed by atoms with Gasteiger partial charge in [-0.05, 0) is 12.5 Å². The maximum absolute atomic E-state index is 11.1. The number of aldehydes is 1. The van der Waals surface area contributed by atoms with Crippen LogP contribution in [0.4, 0.5) is 0 Å². The first-order chi connectivity index (χ1) is 9.36. The van der Waals surface area contributed by atoms with Crippen molar-refractivity contribution in [2.24, 2.45) is 0 Å². The third kappa shape index (κ3) is 3.46. The Bertz CT molecular complexity index is 527. The number of para-hydroxylation sites is 1. The number of unbranched alkanes of at least 4 members (excludes halogenated alkanes) is 5. The second kappa shape index (κ2) is 7.13. The molecule has 0 unspecified atom stereocenters. The lowest BCUT2D eigenvalue weighted by Gasteiger charge is -2.05. The van der Waals surface area contributed by atoms with Crippen LogP contribution in [-0.2, 0) is 6.54 Å². The summed E-state index contributed by atoms with van der Waals surface area (Å²) in [5, 5.41) is 1.07. The van der Waals surface area contributed by atoms with E-state index in [0.717, 1.165) is 23.8 Å². The minimum Gasteiger partial charge on any atom is -0.347 e. The van der Waals surface area contributed by atoms with Crippen LogP contribution >= 0.6 is 0 Å². The highest BCUT2D eigenvalue weighted by Crippen LogP contribution is 2.20. The number of fused-ring (bicyclic) bond motifs is 1. The van der Waals surface area contributed by atoms with Crippen LogP contribution in [0.5, 0.6) is 0 Å². The second-order valence-electron chi connectivity index (χ2n) is 5.18. The molecule has 102 valence electrons. The number of benzene rings is 1. The molecule has 0 N–H and O–H groups in total. The van der Waals surface area contributed by atoms with Crippen LogP contribution < -0.4 is 0 Å². The van der Waals surface area contributed by atoms with Crippen molar-refractivity contribution in [3.63, 3.8) is 0 Å². The molecule has 0 saturated heterocycles. The number of hydrogen-bond acceptors (Lipinski definition) is 1. The molecule has 2 rings (SSSR count). The molecule has 0 aliphatic rings. The summed E-state index contributed by atoms with van der Waals surface area (Å²) in [6, 6.07) is 8.15. The largest absolute Gasteiger partial charge is 0.347 e. The monoisotopic (exact) mass is 257 g/mol. The summed E-state index contributed by atoms with van der Waals surface area (Å²) >= 11 is 0. The van der Waals surface area contributed by atoms with Gasteiger partial charge in [-0.15, -0.1) is 0 Å². The van der Waals surface area contributed by atoms with E-state index in [-0.39, 0.29) is 0 Å². The van der Waals surface area contributed by atoms with Crippen LogP contribution in [0, 0.1) is 0 Å². The molecular weight excluding hydrogens is 234 g/mol. The predicted molar refractivity (Wildman–Crippen MR) is 80.7 cm³/mol. The van der Waals surface area contributed by atoms with Gasteiger partial charge < -0.3 is 4.57 Å². The molecule has 1 heterocycles. The number of aryl methyl sites for hydroxylation is 1. The molecule has 0 saturated carbocycles. The molecule has 2 nitrogen and oxygen atoms in total. The van der Waals surface area contributed by atoms with Crippen molar-refractivity contribution in [2.45, 2.75) is 52.0 Å². The molecule has 0 spiro atoms. The summed E-state index contributed by atoms with van der Waals surface area (Å²) in [7, 11) is 0. The van der Waals surface area contributed by atoms with Crippen molar-refractivity contribution in [3.05, 3.63) is 36.0 Å². The molecule has 1 aromatic heterocycles. The molecular formula is C17H23NO. The summed E-state index contributed by atoms with van der Waals surface area (Å²) < 4.78 is 2.22. The molecule has 0 amide bonds. The van der Waals surface area contributed by atoms with Gasteiger partial charge in [-0.3, -0.25) is 4.79 Å². The van der Waals surface area contributed by atoms with Crippen molar-refractivity contribution < 1.29 is 4.79 Å². The zero-order valence-electron chi connectivity index (χ0n) is 11.8. The number of nitrogens with zero attached hydrogens (tertiary/aromatic N) is 1. The van der Waals surface area contributed by atoms with Crippen LogP contribution in [-0.4, -0.2) is 10.9 Å². The lowest BCUT2D eigenvalue weighted by atomic mass is 10.1. The van der Waals surface area contributed by atoms with Crippen LogP contribution in [0.3, 0.4) is 0 Å². The highest BCUT2D eigenvalue weighted by molar-refractivity contribution is 5.97. The molecule has 19 heavy (non-hydrogen) atoms. The van der Waals surface area contributed by atoms with E-state index in [9.17, 15) is 4.79 Å². The van der Waals surface area contributed by atoms with Crippen LogP contribution in [0.15, 0.2) is 30.5 Å². The van der Waals surface area contributed by atoms with Gasteiger partial charge in [-0.2, -0.15) is 0 Å². The van der Waals surface area contributed by atoms with E-state index in [0.29, 0.717) is 0 Å². The van der Waals surface area contributed by atoms with Crippen molar-refractivity contribution in [2.75, 3.05) is 0 Å². The first-order valence-corrected chi connectivity index (χ1v) is 7.40. The molecule has 0 radical (unpaired) electrons. The molecule has 0 fully saturated rings. The van der Waals surface area contributed by atoms with E-state index in [1.54, 1.807) is 0 Å². The van der Waals surface area contributed by atoms with Gasteiger partial charge in [0.25, 0.3) is 0 Å². The van der Waals surface area contributed by atoms with Gasteiger partial charge in [0.2, 0.25) is 0 Å². The van der Waals surface area contributed by atoms with E-state index in [2.05, 4.69) is 17.6 Å². The maximum atomic E-state index is 11.1. The van der Waals surface area contributed by atoms with Gasteiger partial charge in [-0.25, -0.2) is 0 Å². The third-order valence-electron chi connectivity index (χ3n) is 3.70. The number of hydrogen-bond donors (Lipinski definition) is 0. The Balaban J connectivity index is 1.95. The predicted octanol–water partition coefficient (Wildman–Crippen LogP) is 4.81. The van der Waals surface area contributed by atoms with E-state index in [1.807, 2.05) is 24.4 Å². The average Bonchev–Trinajstić information content (AvgIpc) is 2.81. The van der Waals surface area contributed by atoms with Crippen LogP contribution in [0.25, 0.3) is 10.9 Å². The smallest absolute Gasteiger partial charge is 0.152 e. The molecule has 1 aromatic carbocycles. The third-order valence-corrected chi connectivity index (χ3v) is 3.70. The van der Waals surface area contributed by atoms with E-state index < -0.39 is 0 Å². The zero-order valence-corrected chi connectivity index (χ0v) is 11.8. The molecule has 2 heteroatoms. The second-order valence-corrected chi connectivity index (χ2v) is 5.18. The number of carbonyl (C=O) groups excluding carboxylic acids is 1. The highest BCUT2D eigenvalue weighted by Gasteiger charge is 2.06. The van der Waals surface area contributed by atoms with Gasteiger partial charge in [0.1, 0.15) is 0 Å². The maximum Gasteiger partial charge on any atom is 0.152 e. The van der Waals surface area contributed by atoms with E-state index in [1.165, 1.54) is 44.0 Å². The molecule has 0 aliphatic heterocycles. The van der Waals surface area contributed by atoms with Gasteiger partial charge in [0.05, 0.1) is 0 Å². The summed E-state index contributed by atoms with van der Waals surface area (Å²) in [5.41, 5.74) is 1.99. The fourth-order valence-corrected chi connectivity index (χ4v) is 2.62. The Kier molecular flexibility index (Phi) is 5.20. The summed E-state index contributed by atoms with van der Waals surface area (Å²) in [6.07, 6.45) is 10.7. The Morgan fingerprint density at radius 2 is 1.79 bits per heavy atom. The first-order valence-electron chi connectivity index (χ1n) is 7.40. The van der Waals surface area contributed by atoms with E-state index >= 15 is 0 Å². The van der Waals surface area contributed by atoms with Crippen molar-refractivity contribution in [3.8, 4) is 0 Å². The summed E-state index contributed by atoms with van der Waals surface area (Å²) in [4.78, 5) is 11.1. The van der Waals surface area contributed by atoms with Gasteiger partial charge >= 0.3 is 0 Å². The zero-order chi connectivity index (χ0) is 13.5. The van der Waals surface area contributed by atoms with Gasteiger partial charge in [0, 0.05) is 29.2 Å². The van der Waals surface area contributed by atoms with Crippen LogP contribution in [0.1, 0.15) is 55.8 Å². The standard InChI is InChI=1S/C17H23NO/c1-2-3-4-5-6-9-12-18-13-15(14-19)16-10-7-8-11-17(16)18/h7-8,10-11,13-14H,2-6,9,12H2,1H3. The Morgan fingerprint density at radius 3 is 2.58 bits per heavy atom. The molecule has 0 bridgehead atoms. The first kappa shape index (κ1) is 13.9. The van der Waals surface area contributed by atoms with Crippen molar-refractivity contribution >= 4 is 17.2 Å². The Morgan fingerprint density at radius 1 is 1.05 bits per heavy atom. The van der Waals surface area contributed by atoms with Gasteiger partial charge in [-0.1, -0.05) is 57.2 Å².